The summed E-state index contributed by atoms with van der Waals surface area (Å²) in [4.78, 5) is 41.9. The second-order valence-corrected chi connectivity index (χ2v) is 13.7. The Morgan fingerprint density at radius 3 is 2.35 bits per heavy atom. The lowest BCUT2D eigenvalue weighted by Crippen LogP contribution is -2.41. The van der Waals surface area contributed by atoms with Crippen molar-refractivity contribution in [3.63, 3.8) is 0 Å². The molecule has 0 spiro atoms. The van der Waals surface area contributed by atoms with E-state index in [1.165, 1.54) is 4.90 Å². The van der Waals surface area contributed by atoms with E-state index in [-0.39, 0.29) is 50.4 Å². The molecule has 3 aliphatic heterocycles. The molecule has 3 fully saturated rings. The van der Waals surface area contributed by atoms with Gasteiger partial charge in [0.25, 0.3) is 5.91 Å². The molecule has 4 aromatic rings. The van der Waals surface area contributed by atoms with Crippen LogP contribution in [0.4, 0.5) is 4.79 Å². The molecule has 52 heavy (non-hydrogen) atoms. The Bertz CT molecular complexity index is 1870. The topological polar surface area (TPSA) is 138 Å². The van der Waals surface area contributed by atoms with Crippen molar-refractivity contribution in [1.82, 2.24) is 15.1 Å². The Labute approximate surface area is 302 Å². The second-order valence-electron chi connectivity index (χ2n) is 13.7. The predicted molar refractivity (Wildman–Crippen MR) is 191 cm³/mol. The van der Waals surface area contributed by atoms with E-state index >= 15 is 0 Å². The van der Waals surface area contributed by atoms with Gasteiger partial charge in [-0.05, 0) is 51.9 Å². The number of carbonyl (C=O) groups excluding carboxylic acids is 3. The zero-order valence-corrected chi connectivity index (χ0v) is 28.8. The summed E-state index contributed by atoms with van der Waals surface area (Å²) in [5.41, 5.74) is 6.08. The molecule has 5 atom stereocenters. The van der Waals surface area contributed by atoms with Crippen LogP contribution in [0.5, 0.6) is 0 Å². The number of hydrogen-bond donors (Lipinski definition) is 3. The van der Waals surface area contributed by atoms with Crippen LogP contribution in [0.1, 0.15) is 59.5 Å². The molecule has 0 saturated carbocycles. The molecule has 3 saturated heterocycles. The lowest BCUT2D eigenvalue weighted by Gasteiger charge is -2.38. The molecule has 1 unspecified atom stereocenters. The smallest absolute Gasteiger partial charge is 0.408 e. The third-order valence-electron chi connectivity index (χ3n) is 9.83. The van der Waals surface area contributed by atoms with Gasteiger partial charge in [0.05, 0.1) is 37.9 Å². The van der Waals surface area contributed by atoms with E-state index in [0.717, 1.165) is 51.9 Å². The highest BCUT2D eigenvalue weighted by atomic mass is 16.7. The van der Waals surface area contributed by atoms with E-state index in [9.17, 15) is 24.6 Å². The second kappa shape index (κ2) is 16.2. The average Bonchev–Trinajstić information content (AvgIpc) is 3.70. The van der Waals surface area contributed by atoms with Crippen LogP contribution in [0.25, 0.3) is 11.1 Å². The largest absolute Gasteiger partial charge is 0.445 e. The van der Waals surface area contributed by atoms with Crippen molar-refractivity contribution in [1.29, 1.82) is 0 Å². The van der Waals surface area contributed by atoms with Gasteiger partial charge in [-0.25, -0.2) is 4.79 Å². The summed E-state index contributed by atoms with van der Waals surface area (Å²) in [6.45, 7) is 2.23. The lowest BCUT2D eigenvalue weighted by molar-refractivity contribution is -0.252. The number of ether oxygens (including phenoxy) is 3. The van der Waals surface area contributed by atoms with E-state index in [2.05, 4.69) is 10.2 Å². The van der Waals surface area contributed by atoms with Crippen molar-refractivity contribution < 1.29 is 38.8 Å². The number of benzene rings is 4. The Balaban J connectivity index is 1.03. The fraction of sp³-hybridized carbons (Fsp3) is 0.341. The van der Waals surface area contributed by atoms with Crippen LogP contribution in [0.3, 0.4) is 0 Å². The number of aliphatic hydroxyl groups excluding tert-OH is 2. The summed E-state index contributed by atoms with van der Waals surface area (Å²) in [6, 6.07) is 31.6. The molecule has 7 rings (SSSR count). The minimum atomic E-state index is -0.984. The molecule has 11 nitrogen and oxygen atoms in total. The standard InChI is InChI=1S/C41H43N3O8/c45-25-27-12-14-30(15-13-27)37-20-35(24-43-17-16-34(46)23-43)51-40(52-37)33-11-5-10-32(19-33)31-9-4-8-29(18-31)22-44-38(47)21-36(39(44)48)42-41(49)50-26-28-6-2-1-3-7-28/h1-15,18-19,34-37,40,45-46H,16-17,20-26H2,(H,42,49)/t34-,35-,36?,37+,40+/m0/s1. The molecule has 0 aromatic heterocycles. The fourth-order valence-electron chi connectivity index (χ4n) is 7.06. The number of amides is 3. The first-order valence-electron chi connectivity index (χ1n) is 17.7. The molecule has 3 heterocycles. The van der Waals surface area contributed by atoms with E-state index in [0.29, 0.717) is 19.5 Å². The van der Waals surface area contributed by atoms with Crippen LogP contribution < -0.4 is 5.32 Å². The zero-order chi connectivity index (χ0) is 36.0. The van der Waals surface area contributed by atoms with E-state index < -0.39 is 24.3 Å². The zero-order valence-electron chi connectivity index (χ0n) is 28.8. The van der Waals surface area contributed by atoms with Gasteiger partial charge in [0.1, 0.15) is 12.6 Å². The molecule has 4 aromatic carbocycles. The normalized spacial score (nSPS) is 23.6. The number of aliphatic hydroxyl groups is 2. The summed E-state index contributed by atoms with van der Waals surface area (Å²) >= 11 is 0. The van der Waals surface area contributed by atoms with Crippen LogP contribution in [-0.2, 0) is 43.6 Å². The molecule has 11 heteroatoms. The minimum Gasteiger partial charge on any atom is -0.445 e. The number of hydrogen-bond acceptors (Lipinski definition) is 9. The molecule has 0 radical (unpaired) electrons. The highest BCUT2D eigenvalue weighted by molar-refractivity contribution is 6.06. The fourth-order valence-corrected chi connectivity index (χ4v) is 7.06. The Morgan fingerprint density at radius 1 is 0.846 bits per heavy atom. The van der Waals surface area contributed by atoms with Crippen molar-refractivity contribution in [3.8, 4) is 11.1 Å². The number of β-amino-alcohol motifs (C(OH)–C–C–N with tert-alkyl or cyclic N) is 1. The number of nitrogens with zero attached hydrogens (tertiary/aromatic N) is 2. The first kappa shape index (κ1) is 35.5. The van der Waals surface area contributed by atoms with Crippen molar-refractivity contribution in [2.75, 3.05) is 19.6 Å². The third kappa shape index (κ3) is 8.58. The summed E-state index contributed by atoms with van der Waals surface area (Å²) in [5, 5.41) is 22.2. The average molecular weight is 706 g/mol. The molecular formula is C41H43N3O8. The molecule has 3 amide bonds. The predicted octanol–water partition coefficient (Wildman–Crippen LogP) is 5.01. The summed E-state index contributed by atoms with van der Waals surface area (Å²) in [7, 11) is 0. The number of likely N-dealkylation sites (tertiary alicyclic amines) is 2. The van der Waals surface area contributed by atoms with Crippen LogP contribution >= 0.6 is 0 Å². The van der Waals surface area contributed by atoms with E-state index in [1.54, 1.807) is 0 Å². The maximum Gasteiger partial charge on any atom is 0.408 e. The van der Waals surface area contributed by atoms with Gasteiger partial charge in [0.15, 0.2) is 6.29 Å². The van der Waals surface area contributed by atoms with Crippen molar-refractivity contribution >= 4 is 17.9 Å². The van der Waals surface area contributed by atoms with Crippen LogP contribution in [0.2, 0.25) is 0 Å². The van der Waals surface area contributed by atoms with Gasteiger partial charge in [0, 0.05) is 31.6 Å². The maximum absolute atomic E-state index is 13.2. The number of rotatable bonds is 11. The molecule has 270 valence electrons. The summed E-state index contributed by atoms with van der Waals surface area (Å²) in [6.07, 6.45) is -0.789. The van der Waals surface area contributed by atoms with Gasteiger partial charge >= 0.3 is 6.09 Å². The minimum absolute atomic E-state index is 0.0279. The Morgan fingerprint density at radius 2 is 1.60 bits per heavy atom. The van der Waals surface area contributed by atoms with Gasteiger partial charge in [-0.1, -0.05) is 91.0 Å². The number of imide groups is 1. The number of alkyl carbamates (subject to hydrolysis) is 1. The Kier molecular flexibility index (Phi) is 11.0. The number of nitrogens with one attached hydrogen (secondary N) is 1. The van der Waals surface area contributed by atoms with Gasteiger partial charge < -0.3 is 29.7 Å². The molecule has 3 N–H and O–H groups in total. The highest BCUT2D eigenvalue weighted by Gasteiger charge is 2.40. The molecule has 0 aliphatic carbocycles. The lowest BCUT2D eigenvalue weighted by atomic mass is 9.98. The molecule has 3 aliphatic rings. The first-order valence-corrected chi connectivity index (χ1v) is 17.7. The van der Waals surface area contributed by atoms with Crippen LogP contribution in [-0.4, -0.2) is 75.8 Å². The van der Waals surface area contributed by atoms with E-state index in [1.807, 2.05) is 103 Å². The van der Waals surface area contributed by atoms with Crippen molar-refractivity contribution in [2.24, 2.45) is 0 Å². The summed E-state index contributed by atoms with van der Waals surface area (Å²) < 4.78 is 18.4. The summed E-state index contributed by atoms with van der Waals surface area (Å²) in [5.74, 6) is -0.838. The monoisotopic (exact) mass is 705 g/mol. The third-order valence-corrected chi connectivity index (χ3v) is 9.83. The van der Waals surface area contributed by atoms with Crippen LogP contribution in [0.15, 0.2) is 103 Å². The quantitative estimate of drug-likeness (QED) is 0.184. The SMILES string of the molecule is O=C(NC1CC(=O)N(Cc2cccc(-c3cccc([C@@H]4O[C@H](CN5CC[C@H](O)C5)C[C@H](c5ccc(CO)cc5)O4)c3)c2)C1=O)OCc1ccccc1. The van der Waals surface area contributed by atoms with Gasteiger partial charge in [-0.3, -0.25) is 19.4 Å². The van der Waals surface area contributed by atoms with Crippen molar-refractivity contribution in [3.05, 3.63) is 131 Å². The van der Waals surface area contributed by atoms with Gasteiger partial charge in [-0.15, -0.1) is 0 Å². The highest BCUT2D eigenvalue weighted by Crippen LogP contribution is 2.39. The molecular weight excluding hydrogens is 662 g/mol. The Hall–Kier alpha value is -4.91. The number of carbonyl (C=O) groups is 3. The van der Waals surface area contributed by atoms with E-state index in [4.69, 9.17) is 14.2 Å². The van der Waals surface area contributed by atoms with Gasteiger partial charge in [0.2, 0.25) is 5.91 Å². The maximum atomic E-state index is 13.2. The molecule has 0 bridgehead atoms. The van der Waals surface area contributed by atoms with Gasteiger partial charge in [-0.2, -0.15) is 0 Å². The first-order chi connectivity index (χ1) is 25.3. The van der Waals surface area contributed by atoms with Crippen LogP contribution in [0, 0.1) is 0 Å². The van der Waals surface area contributed by atoms with Crippen molar-refractivity contribution in [2.45, 2.75) is 69.7 Å².